The van der Waals surface area contributed by atoms with Crippen LogP contribution < -0.4 is 5.32 Å². The maximum Gasteiger partial charge on any atom is 0.328 e. The van der Waals surface area contributed by atoms with Gasteiger partial charge in [0, 0.05) is 17.9 Å². The minimum atomic E-state index is -1.17. The first-order chi connectivity index (χ1) is 13.9. The van der Waals surface area contributed by atoms with Crippen molar-refractivity contribution in [1.82, 2.24) is 10.2 Å². The number of aliphatic hydroxyl groups is 1. The third-order valence-corrected chi connectivity index (χ3v) is 6.04. The average Bonchev–Trinajstić information content (AvgIpc) is 3.07. The third kappa shape index (κ3) is 5.82. The Bertz CT molecular complexity index is 628. The number of amides is 3. The molecule has 0 bridgehead atoms. The normalized spacial score (nSPS) is 32.2. The fourth-order valence-corrected chi connectivity index (χ4v) is 4.05. The molecule has 0 saturated carbocycles. The molecule has 5 atom stereocenters. The van der Waals surface area contributed by atoms with E-state index in [9.17, 15) is 14.7 Å². The van der Waals surface area contributed by atoms with Crippen LogP contribution in [0.15, 0.2) is 5.11 Å². The van der Waals surface area contributed by atoms with E-state index in [-0.39, 0.29) is 13.0 Å². The van der Waals surface area contributed by atoms with Crippen LogP contribution in [0.5, 0.6) is 0 Å². The van der Waals surface area contributed by atoms with Crippen molar-refractivity contribution in [3.8, 4) is 0 Å². The maximum absolute atomic E-state index is 12.6. The quantitative estimate of drug-likeness (QED) is 0.155. The highest BCUT2D eigenvalue weighted by Gasteiger charge is 2.54. The van der Waals surface area contributed by atoms with E-state index in [1.165, 1.54) is 24.2 Å². The Balaban J connectivity index is 2.07. The number of hydrogen-bond acceptors (Lipinski definition) is 6. The van der Waals surface area contributed by atoms with Crippen molar-refractivity contribution < 1.29 is 24.2 Å². The van der Waals surface area contributed by atoms with Gasteiger partial charge in [-0.2, -0.15) is 0 Å². The molecule has 0 aromatic carbocycles. The lowest BCUT2D eigenvalue weighted by Gasteiger charge is -2.45. The fraction of sp³-hybridized carbons (Fsp3) is 0.889. The van der Waals surface area contributed by atoms with E-state index in [4.69, 9.17) is 15.0 Å². The standard InChI is InChI=1S/C18H30BrN5O5/c1-3-4-5-6-7-8-9-28-16-18(2,19)15(26)21-17(27)24(16)14-10-12(22-23-20)13(11-25)29-14/h12-14,16,25H,3-11H2,1-2H3,(H,21,26,27)/t12?,13?,14?,16-,18+/m1/s1. The van der Waals surface area contributed by atoms with Crippen molar-refractivity contribution in [1.29, 1.82) is 0 Å². The van der Waals surface area contributed by atoms with Gasteiger partial charge in [-0.25, -0.2) is 4.79 Å². The molecule has 0 spiro atoms. The summed E-state index contributed by atoms with van der Waals surface area (Å²) in [6, 6.07) is -1.25. The van der Waals surface area contributed by atoms with E-state index in [0.29, 0.717) is 6.61 Å². The molecule has 3 unspecified atom stereocenters. The zero-order valence-electron chi connectivity index (χ0n) is 16.9. The van der Waals surface area contributed by atoms with Gasteiger partial charge >= 0.3 is 6.03 Å². The van der Waals surface area contributed by atoms with E-state index in [1.807, 2.05) is 0 Å². The highest BCUT2D eigenvalue weighted by molar-refractivity contribution is 9.10. The van der Waals surface area contributed by atoms with Crippen LogP contribution >= 0.6 is 15.9 Å². The van der Waals surface area contributed by atoms with Crippen LogP contribution in [-0.2, 0) is 14.3 Å². The molecule has 10 nitrogen and oxygen atoms in total. The van der Waals surface area contributed by atoms with Crippen molar-refractivity contribution in [3.63, 3.8) is 0 Å². The molecule has 0 radical (unpaired) electrons. The first-order valence-electron chi connectivity index (χ1n) is 10.1. The number of alkyl halides is 1. The van der Waals surface area contributed by atoms with Crippen LogP contribution in [0.4, 0.5) is 4.79 Å². The lowest BCUT2D eigenvalue weighted by molar-refractivity contribution is -0.159. The van der Waals surface area contributed by atoms with Crippen molar-refractivity contribution in [2.45, 2.75) is 87.7 Å². The van der Waals surface area contributed by atoms with Gasteiger partial charge in [-0.1, -0.05) is 60.1 Å². The van der Waals surface area contributed by atoms with Gasteiger partial charge in [-0.05, 0) is 18.9 Å². The molecule has 0 aliphatic carbocycles. The molecular formula is C18H30BrN5O5. The first-order valence-corrected chi connectivity index (χ1v) is 10.9. The molecule has 29 heavy (non-hydrogen) atoms. The summed E-state index contributed by atoms with van der Waals surface area (Å²) in [4.78, 5) is 29.1. The number of hydrogen-bond donors (Lipinski definition) is 2. The lowest BCUT2D eigenvalue weighted by atomic mass is 10.0. The van der Waals surface area contributed by atoms with Crippen molar-refractivity contribution in [2.24, 2.45) is 5.11 Å². The topological polar surface area (TPSA) is 137 Å². The summed E-state index contributed by atoms with van der Waals surface area (Å²) in [7, 11) is 0. The molecule has 2 aliphatic rings. The maximum atomic E-state index is 12.6. The Hall–Kier alpha value is -1.39. The summed E-state index contributed by atoms with van der Waals surface area (Å²) < 4.78 is 10.6. The Morgan fingerprint density at radius 2 is 2.07 bits per heavy atom. The number of nitrogens with zero attached hydrogens (tertiary/aromatic N) is 4. The predicted octanol–water partition coefficient (Wildman–Crippen LogP) is 3.18. The molecule has 2 heterocycles. The van der Waals surface area contributed by atoms with Crippen molar-refractivity contribution in [2.75, 3.05) is 13.2 Å². The third-order valence-electron chi connectivity index (χ3n) is 5.28. The van der Waals surface area contributed by atoms with E-state index < -0.39 is 40.9 Å². The first kappa shape index (κ1) is 23.9. The largest absolute Gasteiger partial charge is 0.394 e. The molecule has 3 amide bonds. The van der Waals surface area contributed by atoms with E-state index in [0.717, 1.165) is 19.3 Å². The summed E-state index contributed by atoms with van der Waals surface area (Å²) in [5, 5.41) is 15.5. The number of imide groups is 1. The summed E-state index contributed by atoms with van der Waals surface area (Å²) >= 11 is 3.40. The van der Waals surface area contributed by atoms with Crippen LogP contribution in [0, 0.1) is 0 Å². The Morgan fingerprint density at radius 1 is 1.38 bits per heavy atom. The number of ether oxygens (including phenoxy) is 2. The zero-order valence-corrected chi connectivity index (χ0v) is 18.5. The molecular weight excluding hydrogens is 446 g/mol. The summed E-state index contributed by atoms with van der Waals surface area (Å²) in [6.45, 7) is 3.85. The average molecular weight is 476 g/mol. The molecule has 2 rings (SSSR count). The molecule has 0 aromatic rings. The predicted molar refractivity (Wildman–Crippen MR) is 109 cm³/mol. The van der Waals surface area contributed by atoms with E-state index in [1.54, 1.807) is 6.92 Å². The smallest absolute Gasteiger partial charge is 0.328 e. The van der Waals surface area contributed by atoms with Crippen LogP contribution in [0.2, 0.25) is 0 Å². The Kier molecular flexibility index (Phi) is 9.16. The number of aliphatic hydroxyl groups excluding tert-OH is 1. The van der Waals surface area contributed by atoms with Crippen molar-refractivity contribution in [3.05, 3.63) is 10.4 Å². The van der Waals surface area contributed by atoms with Gasteiger partial charge in [-0.15, -0.1) is 0 Å². The number of rotatable bonds is 11. The Morgan fingerprint density at radius 3 is 2.72 bits per heavy atom. The number of urea groups is 1. The number of carbonyl (C=O) groups excluding carboxylic acids is 2. The molecule has 0 aromatic heterocycles. The summed E-state index contributed by atoms with van der Waals surface area (Å²) in [5.74, 6) is -0.491. The molecule has 2 saturated heterocycles. The van der Waals surface area contributed by atoms with E-state index in [2.05, 4.69) is 38.2 Å². The van der Waals surface area contributed by atoms with Gasteiger partial charge in [0.05, 0.1) is 18.8 Å². The van der Waals surface area contributed by atoms with Crippen LogP contribution in [0.3, 0.4) is 0 Å². The monoisotopic (exact) mass is 475 g/mol. The van der Waals surface area contributed by atoms with Gasteiger partial charge in [-0.3, -0.25) is 15.0 Å². The highest BCUT2D eigenvalue weighted by atomic mass is 79.9. The number of azide groups is 1. The van der Waals surface area contributed by atoms with Crippen LogP contribution in [0.25, 0.3) is 10.4 Å². The fourth-order valence-electron chi connectivity index (χ4n) is 3.60. The molecule has 2 aliphatic heterocycles. The second kappa shape index (κ2) is 11.1. The van der Waals surface area contributed by atoms with Crippen LogP contribution in [-0.4, -0.2) is 64.1 Å². The SMILES string of the molecule is CCCCCCCCO[C@H]1N(C2CC(N=[N+]=[N-])C(CO)O2)C(=O)NC(=O)[C@]1(C)Br. The summed E-state index contributed by atoms with van der Waals surface area (Å²) in [6.07, 6.45) is 4.32. The molecule has 2 fully saturated rings. The lowest BCUT2D eigenvalue weighted by Crippen LogP contribution is -2.69. The van der Waals surface area contributed by atoms with Gasteiger partial charge in [0.25, 0.3) is 0 Å². The van der Waals surface area contributed by atoms with Gasteiger partial charge in [0.2, 0.25) is 5.91 Å². The van der Waals surface area contributed by atoms with Gasteiger partial charge < -0.3 is 14.6 Å². The highest BCUT2D eigenvalue weighted by Crippen LogP contribution is 2.36. The summed E-state index contributed by atoms with van der Waals surface area (Å²) in [5.41, 5.74) is 8.73. The van der Waals surface area contributed by atoms with Gasteiger partial charge in [0.1, 0.15) is 10.6 Å². The number of nitrogens with one attached hydrogen (secondary N) is 1. The molecule has 164 valence electrons. The van der Waals surface area contributed by atoms with Gasteiger partial charge in [0.15, 0.2) is 6.23 Å². The number of halogens is 1. The minimum absolute atomic E-state index is 0.205. The van der Waals surface area contributed by atoms with E-state index >= 15 is 0 Å². The number of unbranched alkanes of at least 4 members (excludes halogenated alkanes) is 5. The zero-order chi connectivity index (χ0) is 21.4. The van der Waals surface area contributed by atoms with Crippen LogP contribution in [0.1, 0.15) is 58.8 Å². The second-order valence-corrected chi connectivity index (χ2v) is 9.20. The molecule has 11 heteroatoms. The Labute approximate surface area is 179 Å². The van der Waals surface area contributed by atoms with Crippen molar-refractivity contribution >= 4 is 27.9 Å². The minimum Gasteiger partial charge on any atom is -0.394 e. The second-order valence-electron chi connectivity index (χ2n) is 7.55. The number of carbonyl (C=O) groups is 2. The molecule has 2 N–H and O–H groups in total.